The summed E-state index contributed by atoms with van der Waals surface area (Å²) in [6, 6.07) is 13.6. The molecule has 2 N–H and O–H groups in total. The van der Waals surface area contributed by atoms with Gasteiger partial charge in [-0.1, -0.05) is 18.2 Å². The van der Waals surface area contributed by atoms with Crippen LogP contribution in [-0.4, -0.2) is 16.0 Å². The third-order valence-corrected chi connectivity index (χ3v) is 2.70. The molecule has 0 fully saturated rings. The minimum Gasteiger partial charge on any atom is -0.508 e. The Balaban J connectivity index is 2.07. The van der Waals surface area contributed by atoms with E-state index in [0.717, 1.165) is 0 Å². The summed E-state index contributed by atoms with van der Waals surface area (Å²) < 4.78 is 0. The first-order chi connectivity index (χ1) is 10.2. The number of phenols is 1. The number of carbonyl (C=O) groups excluding carboxylic acids is 1. The number of aromatic hydroxyl groups is 1. The number of benzene rings is 1. The van der Waals surface area contributed by atoms with E-state index in [1.165, 1.54) is 18.2 Å². The molecular formula is C16H13N3O2. The fourth-order valence-corrected chi connectivity index (χ4v) is 1.70. The first-order valence-corrected chi connectivity index (χ1v) is 6.28. The van der Waals surface area contributed by atoms with Crippen LogP contribution >= 0.6 is 0 Å². The topological polar surface area (TPSA) is 86.0 Å². The van der Waals surface area contributed by atoms with E-state index in [-0.39, 0.29) is 17.9 Å². The number of nitriles is 1. The smallest absolute Gasteiger partial charge is 0.262 e. The standard InChI is InChI=1S/C16H13N3O2/c17-10-13(8-12-4-3-6-15(20)9-12)16(21)19-11-14-5-1-2-7-18-14/h1-9,20H,11H2,(H,19,21)/b13-8+. The molecule has 0 saturated carbocycles. The Bertz CT molecular complexity index is 703. The van der Waals surface area contributed by atoms with Crippen LogP contribution in [0.4, 0.5) is 0 Å². The lowest BCUT2D eigenvalue weighted by atomic mass is 10.1. The van der Waals surface area contributed by atoms with Gasteiger partial charge in [-0.15, -0.1) is 0 Å². The molecule has 0 aliphatic heterocycles. The molecule has 0 unspecified atom stereocenters. The summed E-state index contributed by atoms with van der Waals surface area (Å²) in [7, 11) is 0. The highest BCUT2D eigenvalue weighted by atomic mass is 16.3. The number of carbonyl (C=O) groups is 1. The highest BCUT2D eigenvalue weighted by molar-refractivity contribution is 6.01. The molecule has 0 bridgehead atoms. The van der Waals surface area contributed by atoms with Crippen LogP contribution in [0.1, 0.15) is 11.3 Å². The second-order valence-corrected chi connectivity index (χ2v) is 4.27. The van der Waals surface area contributed by atoms with Gasteiger partial charge in [0.05, 0.1) is 12.2 Å². The summed E-state index contributed by atoms with van der Waals surface area (Å²) in [4.78, 5) is 16.0. The Morgan fingerprint density at radius 3 is 2.86 bits per heavy atom. The van der Waals surface area contributed by atoms with Gasteiger partial charge in [0.25, 0.3) is 5.91 Å². The highest BCUT2D eigenvalue weighted by Gasteiger charge is 2.09. The molecule has 0 radical (unpaired) electrons. The van der Waals surface area contributed by atoms with Crippen LogP contribution in [0.25, 0.3) is 6.08 Å². The van der Waals surface area contributed by atoms with E-state index in [0.29, 0.717) is 11.3 Å². The van der Waals surface area contributed by atoms with Gasteiger partial charge in [0.2, 0.25) is 0 Å². The van der Waals surface area contributed by atoms with Gasteiger partial charge in [-0.2, -0.15) is 5.26 Å². The maximum Gasteiger partial charge on any atom is 0.262 e. The molecule has 21 heavy (non-hydrogen) atoms. The Labute approximate surface area is 122 Å². The van der Waals surface area contributed by atoms with Crippen LogP contribution in [0.5, 0.6) is 5.75 Å². The maximum absolute atomic E-state index is 11.9. The Kier molecular flexibility index (Phi) is 4.67. The van der Waals surface area contributed by atoms with Gasteiger partial charge in [-0.05, 0) is 35.9 Å². The van der Waals surface area contributed by atoms with Crippen molar-refractivity contribution in [1.29, 1.82) is 5.26 Å². The van der Waals surface area contributed by atoms with Gasteiger partial charge in [0, 0.05) is 6.20 Å². The number of rotatable bonds is 4. The van der Waals surface area contributed by atoms with Crippen LogP contribution < -0.4 is 5.32 Å². The number of pyridine rings is 1. The fraction of sp³-hybridized carbons (Fsp3) is 0.0625. The molecule has 2 aromatic rings. The number of hydrogen-bond donors (Lipinski definition) is 2. The molecule has 5 nitrogen and oxygen atoms in total. The minimum absolute atomic E-state index is 0.0310. The van der Waals surface area contributed by atoms with E-state index in [1.807, 2.05) is 12.1 Å². The van der Waals surface area contributed by atoms with Gasteiger partial charge >= 0.3 is 0 Å². The monoisotopic (exact) mass is 279 g/mol. The van der Waals surface area contributed by atoms with Crippen molar-refractivity contribution in [1.82, 2.24) is 10.3 Å². The van der Waals surface area contributed by atoms with Crippen molar-refractivity contribution in [3.8, 4) is 11.8 Å². The lowest BCUT2D eigenvalue weighted by molar-refractivity contribution is -0.117. The van der Waals surface area contributed by atoms with E-state index < -0.39 is 5.91 Å². The third kappa shape index (κ3) is 4.18. The van der Waals surface area contributed by atoms with Crippen molar-refractivity contribution >= 4 is 12.0 Å². The van der Waals surface area contributed by atoms with Crippen LogP contribution in [0.2, 0.25) is 0 Å². The van der Waals surface area contributed by atoms with Crippen molar-refractivity contribution in [2.24, 2.45) is 0 Å². The van der Waals surface area contributed by atoms with Crippen LogP contribution in [0.15, 0.2) is 54.2 Å². The van der Waals surface area contributed by atoms with Gasteiger partial charge in [-0.25, -0.2) is 0 Å². The van der Waals surface area contributed by atoms with Crippen molar-refractivity contribution < 1.29 is 9.90 Å². The van der Waals surface area contributed by atoms with Crippen molar-refractivity contribution in [3.05, 3.63) is 65.5 Å². The normalized spacial score (nSPS) is 10.7. The zero-order valence-electron chi connectivity index (χ0n) is 11.2. The Morgan fingerprint density at radius 2 is 2.19 bits per heavy atom. The van der Waals surface area contributed by atoms with Gasteiger partial charge < -0.3 is 10.4 Å². The number of nitrogens with zero attached hydrogens (tertiary/aromatic N) is 2. The van der Waals surface area contributed by atoms with Crippen LogP contribution in [0.3, 0.4) is 0 Å². The summed E-state index contributed by atoms with van der Waals surface area (Å²) in [5.41, 5.74) is 1.26. The predicted molar refractivity (Wildman–Crippen MR) is 77.8 cm³/mol. The lowest BCUT2D eigenvalue weighted by Crippen LogP contribution is -2.24. The summed E-state index contributed by atoms with van der Waals surface area (Å²) >= 11 is 0. The van der Waals surface area contributed by atoms with E-state index >= 15 is 0 Å². The first kappa shape index (κ1) is 14.3. The molecule has 0 spiro atoms. The minimum atomic E-state index is -0.480. The van der Waals surface area contributed by atoms with Crippen LogP contribution in [0, 0.1) is 11.3 Å². The number of amides is 1. The summed E-state index contributed by atoms with van der Waals surface area (Å²) in [6.07, 6.45) is 3.06. The lowest BCUT2D eigenvalue weighted by Gasteiger charge is -2.03. The molecule has 1 amide bonds. The average molecular weight is 279 g/mol. The quantitative estimate of drug-likeness (QED) is 0.662. The molecule has 0 atom stereocenters. The van der Waals surface area contributed by atoms with E-state index in [4.69, 9.17) is 5.26 Å². The fourth-order valence-electron chi connectivity index (χ4n) is 1.70. The highest BCUT2D eigenvalue weighted by Crippen LogP contribution is 2.14. The van der Waals surface area contributed by atoms with Crippen molar-refractivity contribution in [2.45, 2.75) is 6.54 Å². The molecule has 1 heterocycles. The first-order valence-electron chi connectivity index (χ1n) is 6.28. The summed E-state index contributed by atoms with van der Waals surface area (Å²) in [6.45, 7) is 0.249. The molecule has 1 aromatic heterocycles. The molecule has 2 rings (SSSR count). The average Bonchev–Trinajstić information content (AvgIpc) is 2.51. The number of aromatic nitrogens is 1. The zero-order chi connectivity index (χ0) is 15.1. The molecule has 1 aromatic carbocycles. The second kappa shape index (κ2) is 6.87. The third-order valence-electron chi connectivity index (χ3n) is 2.70. The molecule has 0 aliphatic rings. The molecule has 0 aliphatic carbocycles. The van der Waals surface area contributed by atoms with Gasteiger partial charge in [0.1, 0.15) is 17.4 Å². The number of nitrogens with one attached hydrogen (secondary N) is 1. The van der Waals surface area contributed by atoms with Gasteiger partial charge in [0.15, 0.2) is 0 Å². The summed E-state index contributed by atoms with van der Waals surface area (Å²) in [5, 5.41) is 21.1. The number of phenolic OH excluding ortho intramolecular Hbond substituents is 1. The maximum atomic E-state index is 11.9. The number of hydrogen-bond acceptors (Lipinski definition) is 4. The van der Waals surface area contributed by atoms with Gasteiger partial charge in [-0.3, -0.25) is 9.78 Å². The molecule has 104 valence electrons. The summed E-state index contributed by atoms with van der Waals surface area (Å²) in [5.74, 6) is -0.401. The van der Waals surface area contributed by atoms with Crippen molar-refractivity contribution in [2.75, 3.05) is 0 Å². The molecular weight excluding hydrogens is 266 g/mol. The van der Waals surface area contributed by atoms with E-state index in [1.54, 1.807) is 30.5 Å². The predicted octanol–water partition coefficient (Wildman–Crippen LogP) is 2.01. The zero-order valence-corrected chi connectivity index (χ0v) is 11.2. The van der Waals surface area contributed by atoms with Crippen molar-refractivity contribution in [3.63, 3.8) is 0 Å². The largest absolute Gasteiger partial charge is 0.508 e. The van der Waals surface area contributed by atoms with E-state index in [9.17, 15) is 9.90 Å². The Morgan fingerprint density at radius 1 is 1.33 bits per heavy atom. The molecule has 0 saturated heterocycles. The second-order valence-electron chi connectivity index (χ2n) is 4.27. The Hall–Kier alpha value is -3.13. The molecule has 5 heteroatoms. The SMILES string of the molecule is N#C/C(=C\c1cccc(O)c1)C(=O)NCc1ccccn1. The van der Waals surface area contributed by atoms with Crippen LogP contribution in [-0.2, 0) is 11.3 Å². The van der Waals surface area contributed by atoms with E-state index in [2.05, 4.69) is 10.3 Å².